The summed E-state index contributed by atoms with van der Waals surface area (Å²) in [7, 11) is 0. The zero-order valence-electron chi connectivity index (χ0n) is 15.7. The predicted molar refractivity (Wildman–Crippen MR) is 117 cm³/mol. The van der Waals surface area contributed by atoms with Crippen LogP contribution in [0.25, 0.3) is 0 Å². The molecule has 1 aromatic carbocycles. The van der Waals surface area contributed by atoms with Crippen LogP contribution in [0.1, 0.15) is 44.6 Å². The Kier molecular flexibility index (Phi) is 7.66. The Bertz CT molecular complexity index is 825. The van der Waals surface area contributed by atoms with Crippen molar-refractivity contribution in [1.29, 1.82) is 0 Å². The molecule has 0 saturated carbocycles. The maximum absolute atomic E-state index is 2.73. The average Bonchev–Trinajstić information content (AvgIpc) is 3.22. The van der Waals surface area contributed by atoms with Gasteiger partial charge in [-0.1, -0.05) is 0 Å². The Balaban J connectivity index is 0.00000121. The second-order valence-corrected chi connectivity index (χ2v) is 17.9. The minimum atomic E-state index is -2.66. The first kappa shape index (κ1) is 21.8. The van der Waals surface area contributed by atoms with Gasteiger partial charge in [-0.3, -0.25) is 0 Å². The molecule has 3 aliphatic carbocycles. The molecule has 0 N–H and O–H groups in total. The van der Waals surface area contributed by atoms with Gasteiger partial charge in [0.25, 0.3) is 0 Å². The summed E-state index contributed by atoms with van der Waals surface area (Å²) in [5, 5.41) is 0. The van der Waals surface area contributed by atoms with Crippen molar-refractivity contribution in [2.45, 2.75) is 47.3 Å². The van der Waals surface area contributed by atoms with E-state index >= 15 is 0 Å². The van der Waals surface area contributed by atoms with Crippen LogP contribution < -0.4 is 0 Å². The van der Waals surface area contributed by atoms with Crippen molar-refractivity contribution in [1.82, 2.24) is 0 Å². The number of benzene rings is 1. The predicted octanol–water partition coefficient (Wildman–Crippen LogP) is 7.35. The van der Waals surface area contributed by atoms with Gasteiger partial charge in [-0.05, 0) is 0 Å². The van der Waals surface area contributed by atoms with Gasteiger partial charge in [0.05, 0.1) is 0 Å². The van der Waals surface area contributed by atoms with Crippen molar-refractivity contribution in [2.24, 2.45) is 0 Å². The minimum absolute atomic E-state index is 0. The van der Waals surface area contributed by atoms with Gasteiger partial charge in [-0.2, -0.15) is 0 Å². The van der Waals surface area contributed by atoms with E-state index in [0.29, 0.717) is 0 Å². The van der Waals surface area contributed by atoms with E-state index in [1.807, 2.05) is 0 Å². The molecule has 0 spiro atoms. The Morgan fingerprint density at radius 2 is 1.77 bits per heavy atom. The maximum atomic E-state index is 2.73. The topological polar surface area (TPSA) is 0 Å². The van der Waals surface area contributed by atoms with Gasteiger partial charge in [-0.15, -0.1) is 24.8 Å². The molecular weight excluding hydrogens is 438 g/mol. The summed E-state index contributed by atoms with van der Waals surface area (Å²) in [4.78, 5) is 0. The fourth-order valence-electron chi connectivity index (χ4n) is 4.70. The van der Waals surface area contributed by atoms with Gasteiger partial charge in [0.15, 0.2) is 0 Å². The Morgan fingerprint density at radius 1 is 1.04 bits per heavy atom. The zero-order chi connectivity index (χ0) is 16.6. The van der Waals surface area contributed by atoms with Gasteiger partial charge in [0, 0.05) is 0 Å². The molecular formula is C23H29Cl2Zr. The SMILES string of the molecule is CC1=CC[C]([Zr]([CH3])(=[CH]c2ccccc2)[CH]2C=CC3=C2CCCC3)=C1.Cl.Cl. The summed E-state index contributed by atoms with van der Waals surface area (Å²) in [6.45, 7) is 2.26. The van der Waals surface area contributed by atoms with Crippen molar-refractivity contribution in [3.8, 4) is 0 Å². The van der Waals surface area contributed by atoms with Crippen LogP contribution in [-0.2, 0) is 19.8 Å². The van der Waals surface area contributed by atoms with Crippen LogP contribution in [0, 0.1) is 0 Å². The third-order valence-corrected chi connectivity index (χ3v) is 17.1. The first-order valence-corrected chi connectivity index (χ1v) is 15.9. The minimum Gasteiger partial charge on any atom is -0.147 e. The van der Waals surface area contributed by atoms with E-state index in [-0.39, 0.29) is 24.8 Å². The molecule has 0 aliphatic heterocycles. The first-order valence-electron chi connectivity index (χ1n) is 9.36. The van der Waals surface area contributed by atoms with Crippen molar-refractivity contribution >= 4 is 28.5 Å². The van der Waals surface area contributed by atoms with Crippen molar-refractivity contribution in [3.05, 3.63) is 80.2 Å². The molecule has 0 fully saturated rings. The number of hydrogen-bond donors (Lipinski definition) is 0. The maximum Gasteiger partial charge on any atom is -0.147 e. The van der Waals surface area contributed by atoms with E-state index in [0.717, 1.165) is 3.63 Å². The van der Waals surface area contributed by atoms with Crippen molar-refractivity contribution in [3.63, 3.8) is 0 Å². The summed E-state index contributed by atoms with van der Waals surface area (Å²) in [5.74, 6) is 0. The van der Waals surface area contributed by atoms with Gasteiger partial charge in [-0.25, -0.2) is 0 Å². The van der Waals surface area contributed by atoms with Crippen LogP contribution in [0.3, 0.4) is 0 Å². The molecule has 0 radical (unpaired) electrons. The van der Waals surface area contributed by atoms with Gasteiger partial charge >= 0.3 is 151 Å². The Labute approximate surface area is 174 Å². The molecule has 0 nitrogen and oxygen atoms in total. The van der Waals surface area contributed by atoms with Crippen molar-refractivity contribution in [2.75, 3.05) is 0 Å². The summed E-state index contributed by atoms with van der Waals surface area (Å²) in [6.07, 6.45) is 16.6. The van der Waals surface area contributed by atoms with E-state index in [2.05, 4.69) is 69.9 Å². The fraction of sp³-hybridized carbons (Fsp3) is 0.348. The monoisotopic (exact) mass is 465 g/mol. The molecule has 3 heteroatoms. The molecule has 139 valence electrons. The smallest absolute Gasteiger partial charge is 0.147 e. The zero-order valence-corrected chi connectivity index (χ0v) is 19.8. The van der Waals surface area contributed by atoms with Gasteiger partial charge < -0.3 is 0 Å². The molecule has 0 amide bonds. The Hall–Kier alpha value is -0.487. The third kappa shape index (κ3) is 4.16. The molecule has 3 aliphatic rings. The quantitative estimate of drug-likeness (QED) is 0.436. The molecule has 4 rings (SSSR count). The van der Waals surface area contributed by atoms with E-state index in [1.54, 1.807) is 14.4 Å². The van der Waals surface area contributed by atoms with Crippen LogP contribution in [0.2, 0.25) is 8.26 Å². The van der Waals surface area contributed by atoms with E-state index in [1.165, 1.54) is 43.2 Å². The third-order valence-electron chi connectivity index (χ3n) is 6.07. The normalized spacial score (nSPS) is 23.2. The van der Waals surface area contributed by atoms with Crippen LogP contribution in [-0.4, -0.2) is 3.71 Å². The first-order chi connectivity index (χ1) is 11.7. The number of halogens is 2. The second kappa shape index (κ2) is 9.14. The summed E-state index contributed by atoms with van der Waals surface area (Å²) in [5.41, 5.74) is 6.38. The van der Waals surface area contributed by atoms with E-state index in [9.17, 15) is 0 Å². The molecule has 0 bridgehead atoms. The molecule has 0 saturated heterocycles. The van der Waals surface area contributed by atoms with Crippen LogP contribution in [0.5, 0.6) is 0 Å². The van der Waals surface area contributed by atoms with Crippen molar-refractivity contribution < 1.29 is 19.8 Å². The van der Waals surface area contributed by atoms with Crippen LogP contribution in [0.15, 0.2) is 74.6 Å². The average molecular weight is 468 g/mol. The van der Waals surface area contributed by atoms with E-state index < -0.39 is 19.8 Å². The largest absolute Gasteiger partial charge is 0.147 e. The molecule has 0 aromatic heterocycles. The second-order valence-electron chi connectivity index (χ2n) is 7.75. The summed E-state index contributed by atoms with van der Waals surface area (Å²) in [6, 6.07) is 11.1. The number of allylic oxidation sites excluding steroid dienone is 8. The van der Waals surface area contributed by atoms with E-state index in [4.69, 9.17) is 0 Å². The molecule has 26 heavy (non-hydrogen) atoms. The summed E-state index contributed by atoms with van der Waals surface area (Å²) >= 11 is -2.66. The fourth-order valence-corrected chi connectivity index (χ4v) is 15.2. The molecule has 1 aromatic rings. The van der Waals surface area contributed by atoms with Gasteiger partial charge in [0.2, 0.25) is 0 Å². The van der Waals surface area contributed by atoms with Gasteiger partial charge in [0.1, 0.15) is 0 Å². The molecule has 2 atom stereocenters. The number of hydrogen-bond acceptors (Lipinski definition) is 0. The van der Waals surface area contributed by atoms with Crippen LogP contribution >= 0.6 is 24.8 Å². The standard InChI is InChI=1S/C9H11.C7H6.C6H7.CH3.2ClH.Zr/c1-2-5-9-7-3-6-8(9)4-1;1-7-5-3-2-4-6-7;1-6-4-2-3-5-6;;;;/h3,6-7H,1-2,4-5H2;1-6H;4-5H,2H2,1H3;1H3;2*1H;. The Morgan fingerprint density at radius 3 is 2.46 bits per heavy atom. The summed E-state index contributed by atoms with van der Waals surface area (Å²) < 4.78 is 7.91. The molecule has 0 heterocycles. The number of rotatable bonds is 3. The molecule has 2 unspecified atom stereocenters. The van der Waals surface area contributed by atoms with Crippen LogP contribution in [0.4, 0.5) is 0 Å².